The smallest absolute Gasteiger partial charge is 0.416 e. The van der Waals surface area contributed by atoms with Gasteiger partial charge in [-0.25, -0.2) is 9.67 Å². The topological polar surface area (TPSA) is 71.2 Å². The van der Waals surface area contributed by atoms with Gasteiger partial charge < -0.3 is 9.47 Å². The van der Waals surface area contributed by atoms with Crippen LogP contribution in [0.3, 0.4) is 0 Å². The van der Waals surface area contributed by atoms with Crippen LogP contribution >= 0.6 is 15.9 Å². The van der Waals surface area contributed by atoms with Gasteiger partial charge in [-0.3, -0.25) is 9.36 Å². The van der Waals surface area contributed by atoms with Crippen LogP contribution in [0.4, 0.5) is 13.2 Å². The number of hydrogen-bond donors (Lipinski definition) is 0. The van der Waals surface area contributed by atoms with Crippen LogP contribution < -0.4 is 15.0 Å². The zero-order chi connectivity index (χ0) is 21.8. The van der Waals surface area contributed by atoms with Crippen LogP contribution in [0.15, 0.2) is 58.2 Å². The third-order valence-corrected chi connectivity index (χ3v) is 5.59. The van der Waals surface area contributed by atoms with Gasteiger partial charge in [0.25, 0.3) is 5.56 Å². The summed E-state index contributed by atoms with van der Waals surface area (Å²) in [5.41, 5.74) is -0.0708. The maximum atomic E-state index is 13.0. The fraction of sp³-hybridized carbons (Fsp3) is 0.150. The van der Waals surface area contributed by atoms with E-state index < -0.39 is 11.7 Å². The molecule has 7 nitrogen and oxygen atoms in total. The number of rotatable bonds is 3. The third-order valence-electron chi connectivity index (χ3n) is 4.85. The van der Waals surface area contributed by atoms with Gasteiger partial charge in [-0.15, -0.1) is 0 Å². The molecule has 31 heavy (non-hydrogen) atoms. The van der Waals surface area contributed by atoms with Crippen LogP contribution in [0.1, 0.15) is 11.1 Å². The van der Waals surface area contributed by atoms with E-state index in [1.807, 2.05) is 0 Å². The first-order valence-electron chi connectivity index (χ1n) is 9.00. The van der Waals surface area contributed by atoms with Gasteiger partial charge in [0.1, 0.15) is 11.7 Å². The van der Waals surface area contributed by atoms with Gasteiger partial charge in [0.05, 0.1) is 24.0 Å². The molecule has 0 bridgehead atoms. The van der Waals surface area contributed by atoms with Crippen molar-refractivity contribution in [1.82, 2.24) is 19.3 Å². The summed E-state index contributed by atoms with van der Waals surface area (Å²) in [6.07, 6.45) is -1.85. The highest BCUT2D eigenvalue weighted by molar-refractivity contribution is 9.10. The van der Waals surface area contributed by atoms with E-state index in [0.29, 0.717) is 11.5 Å². The number of nitrogens with zero attached hydrogens (tertiary/aromatic N) is 4. The SMILES string of the molecule is O=c1c2cnn(-c3cccc(C(F)(F)F)c3)c2ncn1Cc1cc2c(cc1Br)OCO2. The molecule has 0 atom stereocenters. The monoisotopic (exact) mass is 492 g/mol. The lowest BCUT2D eigenvalue weighted by Gasteiger charge is -2.10. The molecule has 3 heterocycles. The second-order valence-electron chi connectivity index (χ2n) is 6.82. The van der Waals surface area contributed by atoms with Gasteiger partial charge in [-0.05, 0) is 35.9 Å². The Kier molecular flexibility index (Phi) is 4.50. The molecule has 0 radical (unpaired) electrons. The first-order chi connectivity index (χ1) is 14.8. The summed E-state index contributed by atoms with van der Waals surface area (Å²) in [6.45, 7) is 0.334. The van der Waals surface area contributed by atoms with E-state index in [0.717, 1.165) is 22.2 Å². The Balaban J connectivity index is 1.54. The normalized spacial score (nSPS) is 13.2. The van der Waals surface area contributed by atoms with E-state index in [1.165, 1.54) is 33.9 Å². The lowest BCUT2D eigenvalue weighted by Crippen LogP contribution is -2.21. The highest BCUT2D eigenvalue weighted by Crippen LogP contribution is 2.37. The lowest BCUT2D eigenvalue weighted by atomic mass is 10.2. The van der Waals surface area contributed by atoms with Crippen molar-refractivity contribution in [3.8, 4) is 17.2 Å². The highest BCUT2D eigenvalue weighted by atomic mass is 79.9. The maximum absolute atomic E-state index is 13.0. The number of aromatic nitrogens is 4. The molecule has 2 aromatic carbocycles. The van der Waals surface area contributed by atoms with Crippen molar-refractivity contribution in [3.63, 3.8) is 0 Å². The Morgan fingerprint density at radius 1 is 1.13 bits per heavy atom. The first kappa shape index (κ1) is 19.6. The molecule has 158 valence electrons. The number of fused-ring (bicyclic) bond motifs is 2. The van der Waals surface area contributed by atoms with Crippen LogP contribution in [0, 0.1) is 0 Å². The first-order valence-corrected chi connectivity index (χ1v) is 9.79. The second-order valence-corrected chi connectivity index (χ2v) is 7.67. The molecule has 1 aliphatic rings. The number of alkyl halides is 3. The average Bonchev–Trinajstić information content (AvgIpc) is 3.36. The predicted octanol–water partition coefficient (Wildman–Crippen LogP) is 4.14. The summed E-state index contributed by atoms with van der Waals surface area (Å²) in [5, 5.41) is 4.28. The number of hydrogen-bond acceptors (Lipinski definition) is 5. The van der Waals surface area contributed by atoms with E-state index in [2.05, 4.69) is 26.0 Å². The molecule has 1 aliphatic heterocycles. The summed E-state index contributed by atoms with van der Waals surface area (Å²) in [4.78, 5) is 17.2. The molecular formula is C20H12BrF3N4O3. The van der Waals surface area contributed by atoms with E-state index in [4.69, 9.17) is 9.47 Å². The van der Waals surface area contributed by atoms with Crippen LogP contribution in [0.2, 0.25) is 0 Å². The Bertz CT molecular complexity index is 1380. The summed E-state index contributed by atoms with van der Waals surface area (Å²) in [7, 11) is 0. The Hall–Kier alpha value is -3.34. The van der Waals surface area contributed by atoms with Crippen molar-refractivity contribution in [2.24, 2.45) is 0 Å². The lowest BCUT2D eigenvalue weighted by molar-refractivity contribution is -0.137. The summed E-state index contributed by atoms with van der Waals surface area (Å²) in [5.74, 6) is 1.19. The van der Waals surface area contributed by atoms with E-state index >= 15 is 0 Å². The van der Waals surface area contributed by atoms with Crippen LogP contribution in [-0.4, -0.2) is 26.1 Å². The quantitative estimate of drug-likeness (QED) is 0.429. The van der Waals surface area contributed by atoms with Gasteiger partial charge in [0, 0.05) is 4.47 Å². The van der Waals surface area contributed by atoms with Crippen LogP contribution in [-0.2, 0) is 12.7 Å². The predicted molar refractivity (Wildman–Crippen MR) is 107 cm³/mol. The molecule has 0 unspecified atom stereocenters. The van der Waals surface area contributed by atoms with Crippen molar-refractivity contribution in [1.29, 1.82) is 0 Å². The summed E-state index contributed by atoms with van der Waals surface area (Å²) < 4.78 is 53.2. The number of benzene rings is 2. The van der Waals surface area contributed by atoms with Gasteiger partial charge in [-0.2, -0.15) is 18.3 Å². The molecule has 4 aromatic rings. The largest absolute Gasteiger partial charge is 0.454 e. The molecule has 2 aromatic heterocycles. The molecule has 0 saturated heterocycles. The fourth-order valence-corrected chi connectivity index (χ4v) is 3.78. The molecule has 0 aliphatic carbocycles. The minimum Gasteiger partial charge on any atom is -0.454 e. The average molecular weight is 493 g/mol. The maximum Gasteiger partial charge on any atom is 0.416 e. The minimum atomic E-state index is -4.49. The van der Waals surface area contributed by atoms with Crippen molar-refractivity contribution in [2.75, 3.05) is 6.79 Å². The van der Waals surface area contributed by atoms with Gasteiger partial charge in [0.2, 0.25) is 6.79 Å². The second kappa shape index (κ2) is 7.12. The van der Waals surface area contributed by atoms with Crippen molar-refractivity contribution in [3.05, 3.63) is 74.9 Å². The fourth-order valence-electron chi connectivity index (χ4n) is 3.33. The summed E-state index contributed by atoms with van der Waals surface area (Å²) in [6, 6.07) is 8.22. The molecule has 0 saturated carbocycles. The van der Waals surface area contributed by atoms with Crippen LogP contribution in [0.25, 0.3) is 16.7 Å². The highest BCUT2D eigenvalue weighted by Gasteiger charge is 2.30. The number of halogens is 4. The van der Waals surface area contributed by atoms with Crippen molar-refractivity contribution >= 4 is 27.0 Å². The van der Waals surface area contributed by atoms with E-state index in [-0.39, 0.29) is 35.6 Å². The zero-order valence-corrected chi connectivity index (χ0v) is 17.1. The Morgan fingerprint density at radius 3 is 2.68 bits per heavy atom. The van der Waals surface area contributed by atoms with Gasteiger partial charge in [-0.1, -0.05) is 22.0 Å². The van der Waals surface area contributed by atoms with Gasteiger partial charge >= 0.3 is 6.18 Å². The van der Waals surface area contributed by atoms with Gasteiger partial charge in [0.15, 0.2) is 17.1 Å². The Labute approximate surface area is 180 Å². The molecule has 0 fully saturated rings. The third kappa shape index (κ3) is 3.44. The molecule has 0 amide bonds. The number of ether oxygens (including phenoxy) is 2. The molecule has 5 rings (SSSR count). The molecule has 0 N–H and O–H groups in total. The standard InChI is InChI=1S/C20H12BrF3N4O3/c21-15-6-17-16(30-10-31-17)4-11(15)8-27-9-25-18-14(19(27)29)7-26-28(18)13-3-1-2-12(5-13)20(22,23)24/h1-7,9H,8,10H2. The van der Waals surface area contributed by atoms with Crippen molar-refractivity contribution in [2.45, 2.75) is 12.7 Å². The zero-order valence-electron chi connectivity index (χ0n) is 15.6. The Morgan fingerprint density at radius 2 is 1.90 bits per heavy atom. The molecular weight excluding hydrogens is 481 g/mol. The molecule has 0 spiro atoms. The van der Waals surface area contributed by atoms with Crippen LogP contribution in [0.5, 0.6) is 11.5 Å². The minimum absolute atomic E-state index is 0.132. The summed E-state index contributed by atoms with van der Waals surface area (Å²) >= 11 is 3.46. The van der Waals surface area contributed by atoms with Crippen molar-refractivity contribution < 1.29 is 22.6 Å². The van der Waals surface area contributed by atoms with E-state index in [9.17, 15) is 18.0 Å². The molecule has 11 heteroatoms. The van der Waals surface area contributed by atoms with E-state index in [1.54, 1.807) is 12.1 Å².